The number of carbonyl (C=O) groups excluding carboxylic acids is 4. The summed E-state index contributed by atoms with van der Waals surface area (Å²) in [6.07, 6.45) is 8.73. The zero-order valence-electron chi connectivity index (χ0n) is 33.1. The minimum Gasteiger partial charge on any atom is -0.497 e. The molecule has 3 saturated carbocycles. The predicted octanol–water partition coefficient (Wildman–Crippen LogP) is 5.14. The number of amides is 4. The molecule has 3 aromatic rings. The first-order valence-corrected chi connectivity index (χ1v) is 22.3. The van der Waals surface area contributed by atoms with Gasteiger partial charge in [0, 0.05) is 60.8 Å². The normalized spacial score (nSPS) is 25.2. The number of ether oxygens (including phenoxy) is 2. The van der Waals surface area contributed by atoms with Crippen LogP contribution < -0.4 is 19.5 Å². The van der Waals surface area contributed by atoms with Crippen LogP contribution in [0.2, 0.25) is 0 Å². The van der Waals surface area contributed by atoms with E-state index in [-0.39, 0.29) is 43.5 Å². The van der Waals surface area contributed by atoms with Crippen LogP contribution in [0.5, 0.6) is 11.5 Å². The fraction of sp³-hybridized carbons (Fsp3) is 0.523. The summed E-state index contributed by atoms with van der Waals surface area (Å²) in [5.74, 6) is -1.66. The van der Waals surface area contributed by atoms with Crippen molar-refractivity contribution < 1.29 is 37.1 Å². The maximum Gasteiger partial charge on any atom is 0.259 e. The standard InChI is InChI=1S/C44H53N5O8S/c1-3-30-26-44(30,43(53)47-58(54,55)33-17-18-33)46-41(51)38-23-32(27-49(38)42(52)35(28-12-8-9-13-28)24-40(50)48-20-10-5-11-21-48)57-39-25-36(29-14-6-4-7-15-29)45-37-22-31(56-2)16-19-34(37)39/h3-4,6-7,14-16,19,22,25,28,30,32-33,35,38H,1,5,8-13,17-18,20-21,23-24,26-27H2,2H3,(H,46,51)(H,47,53)/t30-,32+,35-,38-,44+/m0/s1. The first-order valence-electron chi connectivity index (χ1n) is 20.8. The number of carbonyl (C=O) groups is 4. The van der Waals surface area contributed by atoms with Crippen LogP contribution in [0.1, 0.15) is 77.0 Å². The van der Waals surface area contributed by atoms with Crippen molar-refractivity contribution in [1.29, 1.82) is 0 Å². The molecular formula is C44H53N5O8S. The van der Waals surface area contributed by atoms with Gasteiger partial charge in [0.1, 0.15) is 29.2 Å². The van der Waals surface area contributed by atoms with Crippen LogP contribution in [0.15, 0.2) is 67.3 Å². The number of hydrogen-bond acceptors (Lipinski definition) is 9. The highest BCUT2D eigenvalue weighted by Gasteiger charge is 2.62. The number of pyridine rings is 1. The van der Waals surface area contributed by atoms with Crippen molar-refractivity contribution in [2.45, 2.75) is 100.0 Å². The van der Waals surface area contributed by atoms with Crippen LogP contribution in [-0.4, -0.2) is 96.5 Å². The van der Waals surface area contributed by atoms with Gasteiger partial charge < -0.3 is 24.6 Å². The van der Waals surface area contributed by atoms with E-state index in [4.69, 9.17) is 14.5 Å². The smallest absolute Gasteiger partial charge is 0.259 e. The molecule has 0 unspecified atom stereocenters. The number of aromatic nitrogens is 1. The van der Waals surface area contributed by atoms with E-state index in [9.17, 15) is 22.8 Å². The van der Waals surface area contributed by atoms with Gasteiger partial charge in [0.25, 0.3) is 5.91 Å². The number of likely N-dealkylation sites (tertiary alicyclic amines) is 2. The summed E-state index contributed by atoms with van der Waals surface area (Å²) in [5.41, 5.74) is 0.678. The molecule has 0 radical (unpaired) electrons. The fourth-order valence-electron chi connectivity index (χ4n) is 9.22. The van der Waals surface area contributed by atoms with Crippen LogP contribution in [-0.2, 0) is 29.2 Å². The maximum atomic E-state index is 15.0. The maximum absolute atomic E-state index is 15.0. The van der Waals surface area contributed by atoms with Gasteiger partial charge in [0.2, 0.25) is 27.7 Å². The Morgan fingerprint density at radius 2 is 1.72 bits per heavy atom. The first kappa shape index (κ1) is 39.8. The summed E-state index contributed by atoms with van der Waals surface area (Å²) in [7, 11) is -2.30. The Hall–Kier alpha value is -4.98. The van der Waals surface area contributed by atoms with Gasteiger partial charge in [0.05, 0.1) is 30.1 Å². The largest absolute Gasteiger partial charge is 0.497 e. The van der Waals surface area contributed by atoms with Gasteiger partial charge in [-0.15, -0.1) is 6.58 Å². The number of fused-ring (bicyclic) bond motifs is 1. The molecule has 14 heteroatoms. The molecule has 308 valence electrons. The fourth-order valence-corrected chi connectivity index (χ4v) is 10.6. The molecule has 3 aliphatic carbocycles. The van der Waals surface area contributed by atoms with Gasteiger partial charge >= 0.3 is 0 Å². The molecule has 2 aliphatic heterocycles. The summed E-state index contributed by atoms with van der Waals surface area (Å²) < 4.78 is 40.2. The minimum absolute atomic E-state index is 0.00389. The van der Waals surface area contributed by atoms with Crippen molar-refractivity contribution in [2.24, 2.45) is 17.8 Å². The van der Waals surface area contributed by atoms with Gasteiger partial charge in [-0.2, -0.15) is 0 Å². The average molecular weight is 812 g/mol. The number of sulfonamides is 1. The van der Waals surface area contributed by atoms with Gasteiger partial charge in [-0.05, 0) is 69.4 Å². The van der Waals surface area contributed by atoms with Gasteiger partial charge in [-0.3, -0.25) is 23.9 Å². The zero-order valence-corrected chi connectivity index (χ0v) is 33.9. The summed E-state index contributed by atoms with van der Waals surface area (Å²) in [4.78, 5) is 65.4. The number of hydrogen-bond donors (Lipinski definition) is 2. The Kier molecular flexibility index (Phi) is 11.2. The van der Waals surface area contributed by atoms with E-state index in [1.54, 1.807) is 18.1 Å². The highest BCUT2D eigenvalue weighted by molar-refractivity contribution is 7.91. The molecule has 2 aromatic carbocycles. The predicted molar refractivity (Wildman–Crippen MR) is 218 cm³/mol. The van der Waals surface area contributed by atoms with Crippen LogP contribution in [0.25, 0.3) is 22.2 Å². The number of piperidine rings is 1. The summed E-state index contributed by atoms with van der Waals surface area (Å²) in [6.45, 7) is 5.26. The Morgan fingerprint density at radius 3 is 2.40 bits per heavy atom. The lowest BCUT2D eigenvalue weighted by atomic mass is 9.86. The van der Waals surface area contributed by atoms with Crippen molar-refractivity contribution in [1.82, 2.24) is 24.8 Å². The second-order valence-electron chi connectivity index (χ2n) is 16.7. The molecule has 58 heavy (non-hydrogen) atoms. The molecular weight excluding hydrogens is 759 g/mol. The lowest BCUT2D eigenvalue weighted by molar-refractivity contribution is -0.147. The van der Waals surface area contributed by atoms with Crippen LogP contribution in [0, 0.1) is 17.8 Å². The third kappa shape index (κ3) is 8.17. The molecule has 13 nitrogen and oxygen atoms in total. The molecule has 2 saturated heterocycles. The van der Waals surface area contributed by atoms with Crippen molar-refractivity contribution in [3.8, 4) is 22.8 Å². The van der Waals surface area contributed by atoms with E-state index in [0.29, 0.717) is 48.6 Å². The summed E-state index contributed by atoms with van der Waals surface area (Å²) >= 11 is 0. The number of nitrogens with one attached hydrogen (secondary N) is 2. The van der Waals surface area contributed by atoms with Gasteiger partial charge in [-0.25, -0.2) is 13.4 Å². The molecule has 4 amide bonds. The molecule has 0 bridgehead atoms. The molecule has 5 atom stereocenters. The SMILES string of the molecule is C=C[C@H]1C[C@]1(NC(=O)[C@@H]1C[C@@H](Oc2cc(-c3ccccc3)nc3cc(OC)ccc23)CN1C(=O)[C@@H](CC(=O)N1CCCCC1)C1CCCC1)C(=O)NS(=O)(=O)C1CC1. The quantitative estimate of drug-likeness (QED) is 0.210. The van der Waals surface area contributed by atoms with Crippen LogP contribution in [0.3, 0.4) is 0 Å². The number of rotatable bonds is 14. The van der Waals surface area contributed by atoms with E-state index in [1.807, 2.05) is 59.5 Å². The highest BCUT2D eigenvalue weighted by Crippen LogP contribution is 2.46. The number of nitrogens with zero attached hydrogens (tertiary/aromatic N) is 3. The van der Waals surface area contributed by atoms with Gasteiger partial charge in [0.15, 0.2) is 0 Å². The lowest BCUT2D eigenvalue weighted by Gasteiger charge is -2.33. The van der Waals surface area contributed by atoms with E-state index in [2.05, 4.69) is 16.6 Å². The van der Waals surface area contributed by atoms with Crippen molar-refractivity contribution >= 4 is 44.6 Å². The van der Waals surface area contributed by atoms with Crippen molar-refractivity contribution in [2.75, 3.05) is 26.7 Å². The molecule has 3 heterocycles. The molecule has 1 aromatic heterocycles. The highest BCUT2D eigenvalue weighted by atomic mass is 32.2. The summed E-state index contributed by atoms with van der Waals surface area (Å²) in [6, 6.07) is 16.0. The molecule has 2 N–H and O–H groups in total. The Labute approximate surface area is 340 Å². The molecule has 5 aliphatic rings. The molecule has 0 spiro atoms. The second-order valence-corrected chi connectivity index (χ2v) is 18.7. The third-order valence-electron chi connectivity index (χ3n) is 12.8. The Balaban J connectivity index is 1.11. The van der Waals surface area contributed by atoms with E-state index in [0.717, 1.165) is 55.9 Å². The van der Waals surface area contributed by atoms with E-state index in [1.165, 1.54) is 0 Å². The molecule has 8 rings (SSSR count). The third-order valence-corrected chi connectivity index (χ3v) is 14.6. The van der Waals surface area contributed by atoms with Crippen LogP contribution >= 0.6 is 0 Å². The van der Waals surface area contributed by atoms with Crippen LogP contribution in [0.4, 0.5) is 0 Å². The Morgan fingerprint density at radius 1 is 0.983 bits per heavy atom. The zero-order chi connectivity index (χ0) is 40.6. The van der Waals surface area contributed by atoms with Crippen molar-refractivity contribution in [3.05, 3.63) is 67.3 Å². The second kappa shape index (κ2) is 16.3. The Bertz CT molecular complexity index is 2180. The van der Waals surface area contributed by atoms with E-state index < -0.39 is 56.6 Å². The topological polar surface area (TPSA) is 164 Å². The monoisotopic (exact) mass is 811 g/mol. The van der Waals surface area contributed by atoms with E-state index >= 15 is 4.79 Å². The van der Waals surface area contributed by atoms with Gasteiger partial charge in [-0.1, -0.05) is 49.2 Å². The average Bonchev–Trinajstić information content (AvgIpc) is 4.12. The van der Waals surface area contributed by atoms with Crippen molar-refractivity contribution in [3.63, 3.8) is 0 Å². The minimum atomic E-state index is -3.89. The summed E-state index contributed by atoms with van der Waals surface area (Å²) in [5, 5.41) is 3.00. The lowest BCUT2D eigenvalue weighted by Crippen LogP contribution is -2.57. The number of benzene rings is 2. The molecule has 5 fully saturated rings. The number of methoxy groups -OCH3 is 1. The first-order chi connectivity index (χ1) is 28.0.